The van der Waals surface area contributed by atoms with Crippen molar-refractivity contribution in [2.24, 2.45) is 0 Å². The minimum atomic E-state index is -0.345. The maximum Gasteiger partial charge on any atom is 0.0787 e. The first kappa shape index (κ1) is 14.4. The molecule has 2 rings (SSSR count). The van der Waals surface area contributed by atoms with Gasteiger partial charge in [-0.25, -0.2) is 0 Å². The molecule has 1 N–H and O–H groups in total. The Labute approximate surface area is 116 Å². The highest BCUT2D eigenvalue weighted by Gasteiger charge is 2.18. The molecule has 0 saturated carbocycles. The number of aliphatic hydroxyl groups excluding tert-OH is 1. The molecule has 2 atom stereocenters. The number of rotatable bonds is 6. The second kappa shape index (κ2) is 6.92. The summed E-state index contributed by atoms with van der Waals surface area (Å²) in [6.07, 6.45) is 3.14. The molecule has 1 aliphatic rings. The second-order valence-electron chi connectivity index (χ2n) is 5.19. The van der Waals surface area contributed by atoms with Crippen LogP contribution in [0.2, 0.25) is 0 Å². The van der Waals surface area contributed by atoms with E-state index in [1.54, 1.807) is 0 Å². The van der Waals surface area contributed by atoms with E-state index in [0.29, 0.717) is 6.10 Å². The molecule has 1 aromatic rings. The first-order valence-electron chi connectivity index (χ1n) is 7.39. The van der Waals surface area contributed by atoms with Crippen molar-refractivity contribution >= 4 is 5.69 Å². The number of nitrogens with zero attached hydrogens (tertiary/aromatic N) is 1. The fourth-order valence-electron chi connectivity index (χ4n) is 2.59. The molecule has 1 heterocycles. The van der Waals surface area contributed by atoms with Gasteiger partial charge in [-0.1, -0.05) is 19.1 Å². The third-order valence-electron chi connectivity index (χ3n) is 3.86. The number of aliphatic hydroxyl groups is 1. The Morgan fingerprint density at radius 1 is 1.32 bits per heavy atom. The van der Waals surface area contributed by atoms with Crippen LogP contribution < -0.4 is 4.90 Å². The summed E-state index contributed by atoms with van der Waals surface area (Å²) in [7, 11) is 0. The van der Waals surface area contributed by atoms with Gasteiger partial charge in [0, 0.05) is 25.4 Å². The second-order valence-corrected chi connectivity index (χ2v) is 5.19. The van der Waals surface area contributed by atoms with E-state index >= 15 is 0 Å². The summed E-state index contributed by atoms with van der Waals surface area (Å²) in [6, 6.07) is 8.27. The monoisotopic (exact) mass is 263 g/mol. The molecule has 1 aromatic carbocycles. The summed E-state index contributed by atoms with van der Waals surface area (Å²) >= 11 is 0. The molecule has 106 valence electrons. The Bertz CT molecular complexity index is 371. The predicted molar refractivity (Wildman–Crippen MR) is 78.6 cm³/mol. The van der Waals surface area contributed by atoms with E-state index in [1.165, 1.54) is 18.5 Å². The fraction of sp³-hybridized carbons (Fsp3) is 0.625. The molecule has 0 radical (unpaired) electrons. The average Bonchev–Trinajstić information content (AvgIpc) is 2.97. The lowest BCUT2D eigenvalue weighted by atomic mass is 10.1. The highest BCUT2D eigenvalue weighted by molar-refractivity contribution is 5.48. The molecule has 3 heteroatoms. The standard InChI is InChI=1S/C16H25NO2/c1-3-16(18)13-7-9-14(10-8-13)17(4-2)12-15-6-5-11-19-15/h7-10,15-16,18H,3-6,11-12H2,1-2H3/t15?,16-/m0/s1. The average molecular weight is 263 g/mol. The highest BCUT2D eigenvalue weighted by Crippen LogP contribution is 2.22. The van der Waals surface area contributed by atoms with E-state index in [9.17, 15) is 5.11 Å². The van der Waals surface area contributed by atoms with Crippen molar-refractivity contribution in [2.45, 2.75) is 45.3 Å². The van der Waals surface area contributed by atoms with Crippen LogP contribution in [0, 0.1) is 0 Å². The topological polar surface area (TPSA) is 32.7 Å². The number of ether oxygens (including phenoxy) is 1. The zero-order valence-electron chi connectivity index (χ0n) is 12.0. The van der Waals surface area contributed by atoms with Crippen molar-refractivity contribution in [3.05, 3.63) is 29.8 Å². The molecule has 1 fully saturated rings. The number of anilines is 1. The van der Waals surface area contributed by atoms with Gasteiger partial charge in [0.05, 0.1) is 12.2 Å². The Kier molecular flexibility index (Phi) is 5.23. The minimum absolute atomic E-state index is 0.345. The van der Waals surface area contributed by atoms with Crippen LogP contribution in [-0.2, 0) is 4.74 Å². The van der Waals surface area contributed by atoms with Gasteiger partial charge in [-0.3, -0.25) is 0 Å². The van der Waals surface area contributed by atoms with Crippen LogP contribution in [0.25, 0.3) is 0 Å². The predicted octanol–water partition coefficient (Wildman–Crippen LogP) is 3.14. The Morgan fingerprint density at radius 2 is 2.05 bits per heavy atom. The molecule has 1 aliphatic heterocycles. The van der Waals surface area contributed by atoms with Crippen molar-refractivity contribution in [3.8, 4) is 0 Å². The number of likely N-dealkylation sites (N-methyl/N-ethyl adjacent to an activating group) is 1. The van der Waals surface area contributed by atoms with Gasteiger partial charge in [0.15, 0.2) is 0 Å². The van der Waals surface area contributed by atoms with Crippen LogP contribution in [0.4, 0.5) is 5.69 Å². The first-order valence-corrected chi connectivity index (χ1v) is 7.39. The molecular weight excluding hydrogens is 238 g/mol. The van der Waals surface area contributed by atoms with Gasteiger partial charge >= 0.3 is 0 Å². The first-order chi connectivity index (χ1) is 9.24. The summed E-state index contributed by atoms with van der Waals surface area (Å²) in [6.45, 7) is 7.02. The van der Waals surface area contributed by atoms with Crippen LogP contribution in [0.3, 0.4) is 0 Å². The van der Waals surface area contributed by atoms with Crippen molar-refractivity contribution in [1.29, 1.82) is 0 Å². The summed E-state index contributed by atoms with van der Waals surface area (Å²) in [5.41, 5.74) is 2.21. The summed E-state index contributed by atoms with van der Waals surface area (Å²) < 4.78 is 5.70. The highest BCUT2D eigenvalue weighted by atomic mass is 16.5. The van der Waals surface area contributed by atoms with Gasteiger partial charge in [-0.15, -0.1) is 0 Å². The Hall–Kier alpha value is -1.06. The van der Waals surface area contributed by atoms with E-state index in [2.05, 4.69) is 24.0 Å². The van der Waals surface area contributed by atoms with Crippen LogP contribution in [0.1, 0.15) is 44.8 Å². The number of benzene rings is 1. The van der Waals surface area contributed by atoms with Gasteiger partial charge in [-0.05, 0) is 43.9 Å². The van der Waals surface area contributed by atoms with Crippen LogP contribution >= 0.6 is 0 Å². The lowest BCUT2D eigenvalue weighted by molar-refractivity contribution is 0.115. The normalized spacial score (nSPS) is 20.5. The molecule has 0 spiro atoms. The van der Waals surface area contributed by atoms with E-state index in [4.69, 9.17) is 4.74 Å². The molecule has 3 nitrogen and oxygen atoms in total. The van der Waals surface area contributed by atoms with Crippen LogP contribution in [0.5, 0.6) is 0 Å². The molecule has 1 saturated heterocycles. The minimum Gasteiger partial charge on any atom is -0.388 e. The molecular formula is C16H25NO2. The maximum absolute atomic E-state index is 9.81. The van der Waals surface area contributed by atoms with Gasteiger partial charge in [0.1, 0.15) is 0 Å². The van der Waals surface area contributed by atoms with E-state index < -0.39 is 0 Å². The van der Waals surface area contributed by atoms with Gasteiger partial charge < -0.3 is 14.7 Å². The zero-order valence-corrected chi connectivity index (χ0v) is 12.0. The third-order valence-corrected chi connectivity index (χ3v) is 3.86. The van der Waals surface area contributed by atoms with Crippen molar-refractivity contribution < 1.29 is 9.84 Å². The van der Waals surface area contributed by atoms with Gasteiger partial charge in [0.25, 0.3) is 0 Å². The largest absolute Gasteiger partial charge is 0.388 e. The number of hydrogen-bond acceptors (Lipinski definition) is 3. The lowest BCUT2D eigenvalue weighted by Gasteiger charge is -2.26. The van der Waals surface area contributed by atoms with Crippen LogP contribution in [0.15, 0.2) is 24.3 Å². The number of hydrogen-bond donors (Lipinski definition) is 1. The summed E-state index contributed by atoms with van der Waals surface area (Å²) in [4.78, 5) is 2.35. The van der Waals surface area contributed by atoms with Gasteiger partial charge in [0.2, 0.25) is 0 Å². The lowest BCUT2D eigenvalue weighted by Crippen LogP contribution is -2.31. The molecule has 0 amide bonds. The van der Waals surface area contributed by atoms with E-state index in [1.807, 2.05) is 19.1 Å². The molecule has 1 unspecified atom stereocenters. The van der Waals surface area contributed by atoms with E-state index in [-0.39, 0.29) is 6.10 Å². The smallest absolute Gasteiger partial charge is 0.0787 e. The van der Waals surface area contributed by atoms with E-state index in [0.717, 1.165) is 31.7 Å². The third kappa shape index (κ3) is 3.71. The van der Waals surface area contributed by atoms with Gasteiger partial charge in [-0.2, -0.15) is 0 Å². The fourth-order valence-corrected chi connectivity index (χ4v) is 2.59. The van der Waals surface area contributed by atoms with Crippen LogP contribution in [-0.4, -0.2) is 30.9 Å². The van der Waals surface area contributed by atoms with Crippen molar-refractivity contribution in [3.63, 3.8) is 0 Å². The molecule has 19 heavy (non-hydrogen) atoms. The Morgan fingerprint density at radius 3 is 2.58 bits per heavy atom. The quantitative estimate of drug-likeness (QED) is 0.856. The summed E-state index contributed by atoms with van der Waals surface area (Å²) in [5.74, 6) is 0. The Balaban J connectivity index is 2.01. The SMILES string of the molecule is CC[C@H](O)c1ccc(N(CC)CC2CCCO2)cc1. The molecule has 0 aromatic heterocycles. The van der Waals surface area contributed by atoms with Crippen molar-refractivity contribution in [2.75, 3.05) is 24.6 Å². The zero-order chi connectivity index (χ0) is 13.7. The van der Waals surface area contributed by atoms with Crippen molar-refractivity contribution in [1.82, 2.24) is 0 Å². The summed E-state index contributed by atoms with van der Waals surface area (Å²) in [5, 5.41) is 9.81. The maximum atomic E-state index is 9.81. The molecule has 0 aliphatic carbocycles. The molecule has 0 bridgehead atoms.